The molecule has 0 bridgehead atoms. The first-order chi connectivity index (χ1) is 10.7. The number of nitrogens with zero attached hydrogens (tertiary/aromatic N) is 3. The molecule has 8 heteroatoms. The molecule has 1 amide bonds. The molecule has 3 rings (SSSR count). The SMILES string of the molecule is CC1(C)OB(C2C=NN(C3CCN(C(=O)O)CC3)C2)OC1(C)C. The Labute approximate surface area is 137 Å². The second kappa shape index (κ2) is 5.67. The summed E-state index contributed by atoms with van der Waals surface area (Å²) in [5.41, 5.74) is -0.655. The average molecular weight is 323 g/mol. The summed E-state index contributed by atoms with van der Waals surface area (Å²) in [5, 5.41) is 15.6. The highest BCUT2D eigenvalue weighted by molar-refractivity contribution is 6.52. The van der Waals surface area contributed by atoms with Crippen LogP contribution >= 0.6 is 0 Å². The first-order valence-corrected chi connectivity index (χ1v) is 8.34. The summed E-state index contributed by atoms with van der Waals surface area (Å²) in [7, 11) is -0.271. The van der Waals surface area contributed by atoms with Gasteiger partial charge in [-0.05, 0) is 40.5 Å². The fraction of sp³-hybridized carbons (Fsp3) is 0.867. The minimum absolute atomic E-state index is 0.119. The molecule has 1 unspecified atom stereocenters. The van der Waals surface area contributed by atoms with Crippen molar-refractivity contribution in [3.63, 3.8) is 0 Å². The molecule has 0 aromatic heterocycles. The Balaban J connectivity index is 1.54. The lowest BCUT2D eigenvalue weighted by molar-refractivity contribution is 0.00578. The largest absolute Gasteiger partial charge is 0.468 e. The molecule has 3 aliphatic heterocycles. The van der Waals surface area contributed by atoms with Crippen LogP contribution in [0.5, 0.6) is 0 Å². The van der Waals surface area contributed by atoms with Gasteiger partial charge in [-0.15, -0.1) is 0 Å². The van der Waals surface area contributed by atoms with Crippen molar-refractivity contribution in [1.29, 1.82) is 0 Å². The molecule has 1 atom stereocenters. The van der Waals surface area contributed by atoms with Crippen LogP contribution in [0.2, 0.25) is 5.82 Å². The molecule has 0 aliphatic carbocycles. The van der Waals surface area contributed by atoms with E-state index in [0.29, 0.717) is 19.1 Å². The zero-order valence-electron chi connectivity index (χ0n) is 14.4. The Morgan fingerprint density at radius 3 is 2.30 bits per heavy atom. The summed E-state index contributed by atoms with van der Waals surface area (Å²) in [6.45, 7) is 10.1. The molecule has 0 radical (unpaired) electrons. The van der Waals surface area contributed by atoms with E-state index in [1.54, 1.807) is 0 Å². The van der Waals surface area contributed by atoms with Crippen molar-refractivity contribution >= 4 is 19.4 Å². The molecule has 3 aliphatic rings. The molecule has 0 spiro atoms. The van der Waals surface area contributed by atoms with Gasteiger partial charge in [0.05, 0.1) is 23.1 Å². The zero-order chi connectivity index (χ0) is 16.8. The van der Waals surface area contributed by atoms with Gasteiger partial charge in [-0.3, -0.25) is 5.01 Å². The van der Waals surface area contributed by atoms with Crippen LogP contribution in [0.15, 0.2) is 5.10 Å². The third-order valence-electron chi connectivity index (χ3n) is 5.58. The van der Waals surface area contributed by atoms with Crippen LogP contribution in [0.25, 0.3) is 0 Å². The average Bonchev–Trinajstić information content (AvgIpc) is 3.02. The number of rotatable bonds is 2. The van der Waals surface area contributed by atoms with E-state index >= 15 is 0 Å². The van der Waals surface area contributed by atoms with Crippen LogP contribution in [0.3, 0.4) is 0 Å². The fourth-order valence-corrected chi connectivity index (χ4v) is 3.30. The van der Waals surface area contributed by atoms with E-state index in [-0.39, 0.29) is 24.1 Å². The topological polar surface area (TPSA) is 74.6 Å². The Hall–Kier alpha value is -1.28. The zero-order valence-corrected chi connectivity index (χ0v) is 14.4. The summed E-state index contributed by atoms with van der Waals surface area (Å²) in [5.74, 6) is 0.119. The van der Waals surface area contributed by atoms with Crippen molar-refractivity contribution in [2.45, 2.75) is 63.6 Å². The highest BCUT2D eigenvalue weighted by atomic mass is 16.7. The number of piperidine rings is 1. The summed E-state index contributed by atoms with van der Waals surface area (Å²) in [6.07, 6.45) is 2.73. The molecule has 128 valence electrons. The van der Waals surface area contributed by atoms with Gasteiger partial charge in [0.15, 0.2) is 0 Å². The van der Waals surface area contributed by atoms with Gasteiger partial charge in [-0.2, -0.15) is 5.10 Å². The minimum atomic E-state index is -0.830. The van der Waals surface area contributed by atoms with Gasteiger partial charge in [0.25, 0.3) is 0 Å². The second-order valence-corrected chi connectivity index (χ2v) is 7.68. The van der Waals surface area contributed by atoms with Crippen LogP contribution in [-0.4, -0.2) is 71.3 Å². The molecular formula is C15H26BN3O4. The fourth-order valence-electron chi connectivity index (χ4n) is 3.30. The molecule has 23 heavy (non-hydrogen) atoms. The van der Waals surface area contributed by atoms with E-state index < -0.39 is 6.09 Å². The predicted molar refractivity (Wildman–Crippen MR) is 87.6 cm³/mol. The maximum atomic E-state index is 11.0. The molecule has 3 heterocycles. The Bertz CT molecular complexity index is 487. The van der Waals surface area contributed by atoms with Crippen molar-refractivity contribution in [3.8, 4) is 0 Å². The van der Waals surface area contributed by atoms with Crippen LogP contribution in [0, 0.1) is 0 Å². The molecule has 2 saturated heterocycles. The standard InChI is InChI=1S/C15H26BN3O4/c1-14(2)15(3,4)23-16(22-14)11-9-17-19(10-11)12-5-7-18(8-6-12)13(20)21/h9,11-12H,5-8,10H2,1-4H3,(H,20,21). The summed E-state index contributed by atoms with van der Waals surface area (Å²) in [6, 6.07) is 0.300. The minimum Gasteiger partial charge on any atom is -0.465 e. The highest BCUT2D eigenvalue weighted by Gasteiger charge is 2.54. The third-order valence-corrected chi connectivity index (χ3v) is 5.58. The van der Waals surface area contributed by atoms with Crippen molar-refractivity contribution in [2.75, 3.05) is 19.6 Å². The number of likely N-dealkylation sites (tertiary alicyclic amines) is 1. The predicted octanol–water partition coefficient (Wildman–Crippen LogP) is 1.89. The first-order valence-electron chi connectivity index (χ1n) is 8.34. The molecule has 0 aromatic rings. The van der Waals surface area contributed by atoms with Crippen LogP contribution in [0.1, 0.15) is 40.5 Å². The number of amides is 1. The van der Waals surface area contributed by atoms with Crippen LogP contribution in [-0.2, 0) is 9.31 Å². The van der Waals surface area contributed by atoms with Gasteiger partial charge in [-0.25, -0.2) is 4.79 Å². The summed E-state index contributed by atoms with van der Waals surface area (Å²) >= 11 is 0. The molecule has 2 fully saturated rings. The lowest BCUT2D eigenvalue weighted by Gasteiger charge is -2.34. The highest BCUT2D eigenvalue weighted by Crippen LogP contribution is 2.40. The number of carbonyl (C=O) groups is 1. The Kier molecular flexibility index (Phi) is 4.08. The molecule has 0 saturated carbocycles. The van der Waals surface area contributed by atoms with Gasteiger partial charge in [-0.1, -0.05) is 0 Å². The smallest absolute Gasteiger partial charge is 0.465 e. The lowest BCUT2D eigenvalue weighted by Crippen LogP contribution is -2.45. The quantitative estimate of drug-likeness (QED) is 0.786. The molecule has 0 aromatic carbocycles. The van der Waals surface area contributed by atoms with Gasteiger partial charge in [0.1, 0.15) is 0 Å². The summed E-state index contributed by atoms with van der Waals surface area (Å²) < 4.78 is 12.2. The normalized spacial score (nSPS) is 30.3. The Morgan fingerprint density at radius 1 is 1.22 bits per heavy atom. The van der Waals surface area contributed by atoms with E-state index in [4.69, 9.17) is 14.4 Å². The van der Waals surface area contributed by atoms with Crippen molar-refractivity contribution in [3.05, 3.63) is 0 Å². The molecular weight excluding hydrogens is 297 g/mol. The van der Waals surface area contributed by atoms with Gasteiger partial charge in [0, 0.05) is 25.8 Å². The van der Waals surface area contributed by atoms with Gasteiger partial charge in [0.2, 0.25) is 0 Å². The number of carboxylic acid groups (broad SMARTS) is 1. The third kappa shape index (κ3) is 3.06. The van der Waals surface area contributed by atoms with Crippen molar-refractivity contribution < 1.29 is 19.2 Å². The Morgan fingerprint density at radius 2 is 1.78 bits per heavy atom. The van der Waals surface area contributed by atoms with Crippen LogP contribution in [0.4, 0.5) is 4.79 Å². The maximum absolute atomic E-state index is 11.0. The molecule has 7 nitrogen and oxygen atoms in total. The number of hydrogen-bond donors (Lipinski definition) is 1. The van der Waals surface area contributed by atoms with E-state index in [9.17, 15) is 4.79 Å². The van der Waals surface area contributed by atoms with Gasteiger partial charge >= 0.3 is 13.2 Å². The van der Waals surface area contributed by atoms with E-state index in [2.05, 4.69) is 37.8 Å². The first kappa shape index (κ1) is 16.6. The van der Waals surface area contributed by atoms with Crippen molar-refractivity contribution in [2.24, 2.45) is 5.10 Å². The maximum Gasteiger partial charge on any atom is 0.468 e. The monoisotopic (exact) mass is 323 g/mol. The van der Waals surface area contributed by atoms with E-state index in [1.807, 2.05) is 6.21 Å². The lowest BCUT2D eigenvalue weighted by atomic mass is 9.73. The van der Waals surface area contributed by atoms with Crippen molar-refractivity contribution in [1.82, 2.24) is 9.91 Å². The van der Waals surface area contributed by atoms with E-state index in [1.165, 1.54) is 4.90 Å². The second-order valence-electron chi connectivity index (χ2n) is 7.68. The van der Waals surface area contributed by atoms with E-state index in [0.717, 1.165) is 19.4 Å². The molecule has 1 N–H and O–H groups in total. The number of hydrazone groups is 1. The van der Waals surface area contributed by atoms with Gasteiger partial charge < -0.3 is 19.3 Å². The summed E-state index contributed by atoms with van der Waals surface area (Å²) in [4.78, 5) is 12.5. The van der Waals surface area contributed by atoms with Crippen LogP contribution < -0.4 is 0 Å². The number of hydrogen-bond acceptors (Lipinski definition) is 5.